The van der Waals surface area contributed by atoms with Gasteiger partial charge in [-0.2, -0.15) is 0 Å². The molecule has 1 aromatic carbocycles. The van der Waals surface area contributed by atoms with E-state index < -0.39 is 0 Å². The zero-order valence-electron chi connectivity index (χ0n) is 13.4. The molecule has 0 saturated heterocycles. The Morgan fingerprint density at radius 3 is 2.43 bits per heavy atom. The molecule has 1 heterocycles. The summed E-state index contributed by atoms with van der Waals surface area (Å²) in [6.45, 7) is 8.67. The quantitative estimate of drug-likeness (QED) is 0.882. The molecule has 1 fully saturated rings. The van der Waals surface area contributed by atoms with Gasteiger partial charge in [0.2, 0.25) is 0 Å². The van der Waals surface area contributed by atoms with Gasteiger partial charge >= 0.3 is 0 Å². The molecule has 21 heavy (non-hydrogen) atoms. The van der Waals surface area contributed by atoms with E-state index in [2.05, 4.69) is 56.5 Å². The Bertz CT molecular complexity index is 648. The van der Waals surface area contributed by atoms with Gasteiger partial charge in [-0.1, -0.05) is 32.0 Å². The molecular formula is C18H25N3. The fourth-order valence-electron chi connectivity index (χ4n) is 2.98. The SMILES string of the molecule is CC(C)c1nc(-c2cccc(C3CC3)c2)c(N)n1C(C)C. The van der Waals surface area contributed by atoms with Crippen LogP contribution in [0.1, 0.15) is 69.8 Å². The Kier molecular flexibility index (Phi) is 3.52. The van der Waals surface area contributed by atoms with Gasteiger partial charge in [0.25, 0.3) is 0 Å². The molecule has 2 aromatic rings. The van der Waals surface area contributed by atoms with Gasteiger partial charge in [0, 0.05) is 17.5 Å². The maximum atomic E-state index is 6.42. The van der Waals surface area contributed by atoms with Crippen LogP contribution in [-0.4, -0.2) is 9.55 Å². The fraction of sp³-hybridized carbons (Fsp3) is 0.500. The van der Waals surface area contributed by atoms with Crippen molar-refractivity contribution in [1.82, 2.24) is 9.55 Å². The van der Waals surface area contributed by atoms with Gasteiger partial charge in [0.1, 0.15) is 17.3 Å². The molecule has 0 amide bonds. The minimum Gasteiger partial charge on any atom is -0.383 e. The molecule has 0 atom stereocenters. The molecule has 3 nitrogen and oxygen atoms in total. The number of hydrogen-bond donors (Lipinski definition) is 1. The standard InChI is InChI=1S/C18H25N3/c1-11(2)18-20-16(17(19)21(18)12(3)4)15-7-5-6-14(10-15)13-8-9-13/h5-7,10-13H,8-9,19H2,1-4H3. The Morgan fingerprint density at radius 1 is 1.19 bits per heavy atom. The Balaban J connectivity index is 2.09. The number of nitrogens with zero attached hydrogens (tertiary/aromatic N) is 2. The van der Waals surface area contributed by atoms with Gasteiger partial charge in [-0.25, -0.2) is 4.98 Å². The summed E-state index contributed by atoms with van der Waals surface area (Å²) in [6.07, 6.45) is 2.63. The lowest BCUT2D eigenvalue weighted by Crippen LogP contribution is -2.10. The average Bonchev–Trinajstić information content (AvgIpc) is 3.21. The number of nitrogen functional groups attached to an aromatic ring is 1. The fourth-order valence-corrected chi connectivity index (χ4v) is 2.98. The third kappa shape index (κ3) is 2.57. The summed E-state index contributed by atoms with van der Waals surface area (Å²) in [7, 11) is 0. The molecule has 0 aliphatic heterocycles. The summed E-state index contributed by atoms with van der Waals surface area (Å²) in [5, 5.41) is 0. The highest BCUT2D eigenvalue weighted by atomic mass is 15.2. The first-order chi connectivity index (χ1) is 9.99. The summed E-state index contributed by atoms with van der Waals surface area (Å²) < 4.78 is 2.17. The van der Waals surface area contributed by atoms with E-state index in [1.807, 2.05) is 0 Å². The zero-order valence-corrected chi connectivity index (χ0v) is 13.4. The summed E-state index contributed by atoms with van der Waals surface area (Å²) in [6, 6.07) is 9.08. The molecule has 1 aliphatic carbocycles. The van der Waals surface area contributed by atoms with Crippen LogP contribution in [0.2, 0.25) is 0 Å². The number of rotatable bonds is 4. The molecule has 0 spiro atoms. The van der Waals surface area contributed by atoms with Crippen LogP contribution < -0.4 is 5.73 Å². The Morgan fingerprint density at radius 2 is 1.90 bits per heavy atom. The normalized spacial score (nSPS) is 15.1. The average molecular weight is 283 g/mol. The van der Waals surface area contributed by atoms with Crippen molar-refractivity contribution in [3.8, 4) is 11.3 Å². The van der Waals surface area contributed by atoms with E-state index in [9.17, 15) is 0 Å². The number of imidazole rings is 1. The highest BCUT2D eigenvalue weighted by Crippen LogP contribution is 2.41. The summed E-state index contributed by atoms with van der Waals surface area (Å²) >= 11 is 0. The van der Waals surface area contributed by atoms with Gasteiger partial charge in [-0.05, 0) is 44.2 Å². The van der Waals surface area contributed by atoms with Crippen LogP contribution in [0, 0.1) is 0 Å². The van der Waals surface area contributed by atoms with Gasteiger partial charge in [0.05, 0.1) is 0 Å². The van der Waals surface area contributed by atoms with E-state index in [1.54, 1.807) is 0 Å². The van der Waals surface area contributed by atoms with Crippen molar-refractivity contribution in [3.05, 3.63) is 35.7 Å². The van der Waals surface area contributed by atoms with Crippen molar-refractivity contribution in [1.29, 1.82) is 0 Å². The lowest BCUT2D eigenvalue weighted by molar-refractivity contribution is 0.556. The molecule has 112 valence electrons. The first-order valence-corrected chi connectivity index (χ1v) is 7.97. The van der Waals surface area contributed by atoms with Crippen LogP contribution in [0.3, 0.4) is 0 Å². The third-order valence-corrected chi connectivity index (χ3v) is 4.22. The number of hydrogen-bond acceptors (Lipinski definition) is 2. The van der Waals surface area contributed by atoms with Crippen molar-refractivity contribution >= 4 is 5.82 Å². The molecule has 2 N–H and O–H groups in total. The number of nitrogens with two attached hydrogens (primary N) is 1. The second kappa shape index (κ2) is 5.21. The van der Waals surface area contributed by atoms with Crippen molar-refractivity contribution in [3.63, 3.8) is 0 Å². The highest BCUT2D eigenvalue weighted by molar-refractivity contribution is 5.72. The predicted octanol–water partition coefficient (Wildman–Crippen LogP) is 4.71. The van der Waals surface area contributed by atoms with Crippen LogP contribution in [0.15, 0.2) is 24.3 Å². The molecule has 0 bridgehead atoms. The molecule has 0 radical (unpaired) electrons. The molecular weight excluding hydrogens is 258 g/mol. The maximum Gasteiger partial charge on any atom is 0.131 e. The molecule has 1 aromatic heterocycles. The highest BCUT2D eigenvalue weighted by Gasteiger charge is 2.25. The topological polar surface area (TPSA) is 43.8 Å². The first-order valence-electron chi connectivity index (χ1n) is 7.97. The summed E-state index contributed by atoms with van der Waals surface area (Å²) in [5.74, 6) is 2.99. The van der Waals surface area contributed by atoms with Crippen LogP contribution >= 0.6 is 0 Å². The lowest BCUT2D eigenvalue weighted by Gasteiger charge is -2.15. The Hall–Kier alpha value is -1.77. The molecule has 0 unspecified atom stereocenters. The van der Waals surface area contributed by atoms with Crippen LogP contribution in [0.4, 0.5) is 5.82 Å². The van der Waals surface area contributed by atoms with Crippen molar-refractivity contribution in [2.45, 2.75) is 58.4 Å². The minimum atomic E-state index is 0.329. The summed E-state index contributed by atoms with van der Waals surface area (Å²) in [4.78, 5) is 4.86. The van der Waals surface area contributed by atoms with Gasteiger partial charge < -0.3 is 10.3 Å². The molecule has 3 rings (SSSR count). The van der Waals surface area contributed by atoms with E-state index >= 15 is 0 Å². The van der Waals surface area contributed by atoms with Crippen LogP contribution in [0.5, 0.6) is 0 Å². The van der Waals surface area contributed by atoms with Crippen molar-refractivity contribution in [2.24, 2.45) is 0 Å². The minimum absolute atomic E-state index is 0.329. The molecule has 1 aliphatic rings. The van der Waals surface area contributed by atoms with E-state index in [4.69, 9.17) is 10.7 Å². The number of anilines is 1. The number of aromatic nitrogens is 2. The van der Waals surface area contributed by atoms with Crippen molar-refractivity contribution in [2.75, 3.05) is 5.73 Å². The largest absolute Gasteiger partial charge is 0.383 e. The second-order valence-corrected chi connectivity index (χ2v) is 6.72. The van der Waals surface area contributed by atoms with Gasteiger partial charge in [-0.3, -0.25) is 0 Å². The zero-order chi connectivity index (χ0) is 15.1. The van der Waals surface area contributed by atoms with Crippen molar-refractivity contribution < 1.29 is 0 Å². The predicted molar refractivity (Wildman–Crippen MR) is 88.5 cm³/mol. The first kappa shape index (κ1) is 14.2. The smallest absolute Gasteiger partial charge is 0.131 e. The van der Waals surface area contributed by atoms with Crippen LogP contribution in [-0.2, 0) is 0 Å². The van der Waals surface area contributed by atoms with E-state index in [0.29, 0.717) is 12.0 Å². The third-order valence-electron chi connectivity index (χ3n) is 4.22. The van der Waals surface area contributed by atoms with Gasteiger partial charge in [0.15, 0.2) is 0 Å². The van der Waals surface area contributed by atoms with Crippen LogP contribution in [0.25, 0.3) is 11.3 Å². The second-order valence-electron chi connectivity index (χ2n) is 6.72. The molecule has 1 saturated carbocycles. The van der Waals surface area contributed by atoms with E-state index in [0.717, 1.165) is 28.8 Å². The van der Waals surface area contributed by atoms with E-state index in [-0.39, 0.29) is 0 Å². The monoisotopic (exact) mass is 283 g/mol. The lowest BCUT2D eigenvalue weighted by atomic mass is 10.1. The Labute approximate surface area is 127 Å². The maximum absolute atomic E-state index is 6.42. The number of benzene rings is 1. The summed E-state index contributed by atoms with van der Waals surface area (Å²) in [5.41, 5.74) is 9.94. The van der Waals surface area contributed by atoms with Gasteiger partial charge in [-0.15, -0.1) is 0 Å². The van der Waals surface area contributed by atoms with E-state index in [1.165, 1.54) is 18.4 Å². The molecule has 3 heteroatoms.